The normalized spacial score (nSPS) is 12.6. The van der Waals surface area contributed by atoms with Gasteiger partial charge in [0.15, 0.2) is 13.2 Å². The van der Waals surface area contributed by atoms with E-state index in [1.54, 1.807) is 39.0 Å². The van der Waals surface area contributed by atoms with Crippen LogP contribution in [0.1, 0.15) is 56.4 Å². The molecule has 0 saturated heterocycles. The van der Waals surface area contributed by atoms with Crippen LogP contribution in [0.2, 0.25) is 0 Å². The molecule has 12 nitrogen and oxygen atoms in total. The first-order chi connectivity index (χ1) is 23.1. The smallest absolute Gasteiger partial charge is 0.422 e. The summed E-state index contributed by atoms with van der Waals surface area (Å²) < 4.78 is 92.9. The number of amides is 1. The van der Waals surface area contributed by atoms with Crippen molar-refractivity contribution >= 4 is 43.7 Å². The minimum Gasteiger partial charge on any atom is -0.484 e. The van der Waals surface area contributed by atoms with Crippen LogP contribution < -0.4 is 14.8 Å². The number of hydrogen-bond acceptors (Lipinski definition) is 9. The molecule has 1 amide bonds. The molecule has 1 atom stereocenters. The van der Waals surface area contributed by atoms with Crippen LogP contribution in [0.4, 0.5) is 13.2 Å². The van der Waals surface area contributed by atoms with Crippen molar-refractivity contribution in [3.63, 3.8) is 0 Å². The third-order valence-corrected chi connectivity index (χ3v) is 10.3. The molecule has 0 saturated carbocycles. The fraction of sp³-hybridized carbons (Fsp3) is 0.375. The van der Waals surface area contributed by atoms with Crippen molar-refractivity contribution in [1.29, 1.82) is 0 Å². The van der Waals surface area contributed by atoms with E-state index in [0.29, 0.717) is 11.1 Å². The predicted molar refractivity (Wildman–Crippen MR) is 173 cm³/mol. The number of aromatic nitrogens is 3. The molecule has 0 aliphatic rings. The molecule has 4 rings (SSSR count). The van der Waals surface area contributed by atoms with Crippen LogP contribution in [-0.4, -0.2) is 69.5 Å². The first-order valence-electron chi connectivity index (χ1n) is 15.1. The van der Waals surface area contributed by atoms with E-state index in [1.807, 2.05) is 0 Å². The summed E-state index contributed by atoms with van der Waals surface area (Å²) in [4.78, 5) is 31.3. The summed E-state index contributed by atoms with van der Waals surface area (Å²) in [5, 5.41) is 11.0. The minimum absolute atomic E-state index is 0.0671. The Labute approximate surface area is 283 Å². The van der Waals surface area contributed by atoms with Crippen molar-refractivity contribution in [3.8, 4) is 11.5 Å². The number of nitrogens with zero attached hydrogens (tertiary/aromatic N) is 3. The highest BCUT2D eigenvalue weighted by Gasteiger charge is 2.32. The Morgan fingerprint density at radius 2 is 1.84 bits per heavy atom. The molecular formula is C32H35F3N4O8S2. The fourth-order valence-corrected chi connectivity index (χ4v) is 8.27. The first kappa shape index (κ1) is 37.3. The third-order valence-electron chi connectivity index (χ3n) is 7.19. The monoisotopic (exact) mass is 724 g/mol. The lowest BCUT2D eigenvalue weighted by Crippen LogP contribution is -2.30. The number of rotatable bonds is 16. The maximum Gasteiger partial charge on any atom is 0.422 e. The molecule has 0 radical (unpaired) electrons. The second kappa shape index (κ2) is 15.8. The van der Waals surface area contributed by atoms with Crippen LogP contribution >= 0.6 is 0 Å². The van der Waals surface area contributed by atoms with Crippen LogP contribution in [0.25, 0.3) is 11.0 Å². The van der Waals surface area contributed by atoms with Gasteiger partial charge in [-0.25, -0.2) is 17.4 Å². The Kier molecular flexibility index (Phi) is 12.0. The molecule has 2 N–H and O–H groups in total. The highest BCUT2D eigenvalue weighted by molar-refractivity contribution is 7.91. The van der Waals surface area contributed by atoms with Gasteiger partial charge in [-0.05, 0) is 60.7 Å². The van der Waals surface area contributed by atoms with Crippen LogP contribution in [0.5, 0.6) is 11.5 Å². The Bertz CT molecular complexity index is 1960. The van der Waals surface area contributed by atoms with Gasteiger partial charge >= 0.3 is 12.1 Å². The summed E-state index contributed by atoms with van der Waals surface area (Å²) in [6.07, 6.45) is -2.98. The van der Waals surface area contributed by atoms with E-state index in [9.17, 15) is 35.4 Å². The fourth-order valence-electron chi connectivity index (χ4n) is 4.93. The molecule has 0 aliphatic heterocycles. The Balaban J connectivity index is 1.67. The van der Waals surface area contributed by atoms with E-state index < -0.39 is 45.5 Å². The number of carbonyl (C=O) groups excluding carboxylic acids is 1. The molecule has 2 aromatic carbocycles. The number of carbonyl (C=O) groups is 2. The number of carboxylic acids is 1. The van der Waals surface area contributed by atoms with Gasteiger partial charge in [-0.3, -0.25) is 18.8 Å². The number of aliphatic carboxylic acids is 1. The molecule has 0 bridgehead atoms. The summed E-state index contributed by atoms with van der Waals surface area (Å²) in [5.74, 6) is -2.01. The number of nitrogens with one attached hydrogen (secondary N) is 1. The van der Waals surface area contributed by atoms with Gasteiger partial charge in [-0.1, -0.05) is 32.9 Å². The number of hydrogen-bond donors (Lipinski definition) is 2. The van der Waals surface area contributed by atoms with Crippen molar-refractivity contribution in [3.05, 3.63) is 71.5 Å². The van der Waals surface area contributed by atoms with Crippen molar-refractivity contribution in [2.75, 3.05) is 19.8 Å². The third kappa shape index (κ3) is 9.35. The van der Waals surface area contributed by atoms with Gasteiger partial charge in [0.1, 0.15) is 11.5 Å². The zero-order chi connectivity index (χ0) is 35.9. The molecule has 4 aromatic rings. The maximum atomic E-state index is 14.4. The van der Waals surface area contributed by atoms with Gasteiger partial charge in [0.25, 0.3) is 15.9 Å². The van der Waals surface area contributed by atoms with Crippen LogP contribution in [-0.2, 0) is 42.6 Å². The van der Waals surface area contributed by atoms with E-state index in [0.717, 1.165) is 3.97 Å². The summed E-state index contributed by atoms with van der Waals surface area (Å²) in [5.41, 5.74) is 1.23. The molecule has 0 fully saturated rings. The van der Waals surface area contributed by atoms with E-state index in [-0.39, 0.29) is 82.4 Å². The number of ether oxygens (including phenoxy) is 2. The molecule has 0 aliphatic carbocycles. The van der Waals surface area contributed by atoms with Crippen LogP contribution in [0.3, 0.4) is 0 Å². The minimum atomic E-state index is -4.57. The standard InChI is InChI=1S/C32H35F3N4O8S2/c1-4-22-25(36-15-13-27(22)47-19-32(33,34)35)18-48(43)31-38-24-8-5-6-9-26(24)39(31)49(44,45)28-12-11-21(16-23(28)20(2)3)46-17-29(40)37-14-7-10-30(41)42/h5-6,8-9,11-13,15-16,20H,4,7,10,14,17-19H2,1-3H3,(H,37,40)(H,41,42). The molecule has 17 heteroatoms. The van der Waals surface area contributed by atoms with Crippen molar-refractivity contribution in [1.82, 2.24) is 19.3 Å². The van der Waals surface area contributed by atoms with Crippen molar-refractivity contribution in [2.24, 2.45) is 0 Å². The molecule has 2 aromatic heterocycles. The van der Waals surface area contributed by atoms with Gasteiger partial charge in [0, 0.05) is 24.7 Å². The SMILES string of the molecule is CCc1c(OCC(F)(F)F)ccnc1CS(=O)c1nc2ccccc2n1S(=O)(=O)c1ccc(OCC(=O)NCCCC(=O)O)cc1C(C)C. The van der Waals surface area contributed by atoms with Gasteiger partial charge < -0.3 is 19.9 Å². The van der Waals surface area contributed by atoms with Gasteiger partial charge in [-0.2, -0.15) is 13.2 Å². The van der Waals surface area contributed by atoms with E-state index in [1.165, 1.54) is 36.5 Å². The summed E-state index contributed by atoms with van der Waals surface area (Å²) >= 11 is 0. The quantitative estimate of drug-likeness (QED) is 0.151. The number of benzene rings is 2. The molecule has 264 valence electrons. The van der Waals surface area contributed by atoms with Crippen molar-refractivity contribution < 1.29 is 50.0 Å². The highest BCUT2D eigenvalue weighted by Crippen LogP contribution is 2.33. The number of para-hydroxylation sites is 2. The van der Waals surface area contributed by atoms with E-state index >= 15 is 0 Å². The molecule has 1 unspecified atom stereocenters. The maximum absolute atomic E-state index is 14.4. The topological polar surface area (TPSA) is 167 Å². The highest BCUT2D eigenvalue weighted by atomic mass is 32.2. The summed E-state index contributed by atoms with van der Waals surface area (Å²) in [6.45, 7) is 3.46. The van der Waals surface area contributed by atoms with Gasteiger partial charge in [0.05, 0.1) is 38.2 Å². The number of carboxylic acid groups (broad SMARTS) is 1. The molecule has 2 heterocycles. The van der Waals surface area contributed by atoms with Crippen LogP contribution in [0, 0.1) is 0 Å². The number of alkyl halides is 3. The van der Waals surface area contributed by atoms with Gasteiger partial charge in [-0.15, -0.1) is 0 Å². The van der Waals surface area contributed by atoms with E-state index in [4.69, 9.17) is 14.6 Å². The second-order valence-corrected chi connectivity index (χ2v) is 14.2. The average Bonchev–Trinajstić information content (AvgIpc) is 3.45. The molecule has 49 heavy (non-hydrogen) atoms. The lowest BCUT2D eigenvalue weighted by molar-refractivity contribution is -0.153. The Morgan fingerprint density at radius 1 is 1.10 bits per heavy atom. The second-order valence-electron chi connectivity index (χ2n) is 11.1. The van der Waals surface area contributed by atoms with E-state index in [2.05, 4.69) is 15.3 Å². The number of fused-ring (bicyclic) bond motifs is 1. The zero-order valence-electron chi connectivity index (χ0n) is 26.8. The summed E-state index contributed by atoms with van der Waals surface area (Å²) in [7, 11) is -6.62. The Morgan fingerprint density at radius 3 is 2.51 bits per heavy atom. The van der Waals surface area contributed by atoms with Crippen molar-refractivity contribution in [2.45, 2.75) is 67.9 Å². The number of imidazole rings is 1. The van der Waals surface area contributed by atoms with Gasteiger partial charge in [0.2, 0.25) is 5.16 Å². The number of halogens is 3. The lowest BCUT2D eigenvalue weighted by Gasteiger charge is -2.18. The lowest BCUT2D eigenvalue weighted by atomic mass is 10.0. The van der Waals surface area contributed by atoms with Crippen LogP contribution in [0.15, 0.2) is 64.8 Å². The predicted octanol–water partition coefficient (Wildman–Crippen LogP) is 4.96. The Hall–Kier alpha value is -4.51. The largest absolute Gasteiger partial charge is 0.484 e. The molecule has 0 spiro atoms. The average molecular weight is 725 g/mol. The zero-order valence-corrected chi connectivity index (χ0v) is 28.5. The molecular weight excluding hydrogens is 690 g/mol. The first-order valence-corrected chi connectivity index (χ1v) is 17.9. The number of pyridine rings is 1. The summed E-state index contributed by atoms with van der Waals surface area (Å²) in [6, 6.07) is 11.8.